The molecule has 1 N–H and O–H groups in total. The Morgan fingerprint density at radius 2 is 2.00 bits per heavy atom. The van der Waals surface area contributed by atoms with Crippen molar-refractivity contribution >= 4 is 29.9 Å². The number of likely N-dealkylation sites (N-methyl/N-ethyl adjacent to an activating group) is 1. The van der Waals surface area contributed by atoms with Crippen molar-refractivity contribution in [3.05, 3.63) is 35.6 Å². The van der Waals surface area contributed by atoms with Gasteiger partial charge in [0.15, 0.2) is 5.96 Å². The van der Waals surface area contributed by atoms with Crippen molar-refractivity contribution in [1.29, 1.82) is 0 Å². The smallest absolute Gasteiger partial charge is 0.193 e. The van der Waals surface area contributed by atoms with Crippen LogP contribution in [0.3, 0.4) is 0 Å². The molecular formula is C17H30FIN4. The van der Waals surface area contributed by atoms with Crippen LogP contribution in [0.4, 0.5) is 4.39 Å². The predicted octanol–water partition coefficient (Wildman–Crippen LogP) is 3.18. The van der Waals surface area contributed by atoms with Crippen LogP contribution in [0.5, 0.6) is 0 Å². The quantitative estimate of drug-likeness (QED) is 0.386. The standard InChI is InChI=1S/C17H29FN4.HI/c1-5-11-22(6-2)12-10-20-17(19-3)21(4)14-15-8-7-9-16(18)13-15;/h7-9,13H,5-6,10-12,14H2,1-4H3,(H,19,20);1H. The minimum absolute atomic E-state index is 0. The topological polar surface area (TPSA) is 30.9 Å². The van der Waals surface area contributed by atoms with E-state index in [0.717, 1.165) is 37.7 Å². The van der Waals surface area contributed by atoms with Gasteiger partial charge in [0.2, 0.25) is 0 Å². The second-order valence-electron chi connectivity index (χ2n) is 5.39. The molecule has 1 aromatic rings. The highest BCUT2D eigenvalue weighted by molar-refractivity contribution is 14.0. The molecule has 0 aliphatic rings. The van der Waals surface area contributed by atoms with Gasteiger partial charge in [0.25, 0.3) is 0 Å². The summed E-state index contributed by atoms with van der Waals surface area (Å²) >= 11 is 0. The molecule has 23 heavy (non-hydrogen) atoms. The molecule has 0 atom stereocenters. The van der Waals surface area contributed by atoms with E-state index in [1.54, 1.807) is 19.2 Å². The number of hydrogen-bond acceptors (Lipinski definition) is 2. The van der Waals surface area contributed by atoms with E-state index in [0.29, 0.717) is 6.54 Å². The highest BCUT2D eigenvalue weighted by Crippen LogP contribution is 2.06. The first-order valence-electron chi connectivity index (χ1n) is 7.99. The largest absolute Gasteiger partial charge is 0.355 e. The number of halogens is 2. The van der Waals surface area contributed by atoms with Gasteiger partial charge in [-0.3, -0.25) is 4.99 Å². The summed E-state index contributed by atoms with van der Waals surface area (Å²) in [5, 5.41) is 3.37. The van der Waals surface area contributed by atoms with Crippen molar-refractivity contribution in [3.8, 4) is 0 Å². The molecule has 0 heterocycles. The van der Waals surface area contributed by atoms with Gasteiger partial charge in [-0.05, 0) is 37.2 Å². The molecule has 0 aliphatic heterocycles. The molecule has 1 rings (SSSR count). The van der Waals surface area contributed by atoms with E-state index in [1.165, 1.54) is 12.5 Å². The Morgan fingerprint density at radius 1 is 1.26 bits per heavy atom. The molecule has 0 saturated carbocycles. The van der Waals surface area contributed by atoms with Crippen LogP contribution in [0.1, 0.15) is 25.8 Å². The molecule has 0 aliphatic carbocycles. The van der Waals surface area contributed by atoms with Gasteiger partial charge in [0.05, 0.1) is 0 Å². The van der Waals surface area contributed by atoms with Crippen molar-refractivity contribution in [2.75, 3.05) is 40.3 Å². The molecule has 0 radical (unpaired) electrons. The first-order valence-corrected chi connectivity index (χ1v) is 7.99. The van der Waals surface area contributed by atoms with Crippen LogP contribution in [-0.4, -0.2) is 56.0 Å². The van der Waals surface area contributed by atoms with Crippen LogP contribution in [-0.2, 0) is 6.54 Å². The molecule has 6 heteroatoms. The third-order valence-corrected chi connectivity index (χ3v) is 3.58. The molecule has 0 spiro atoms. The fraction of sp³-hybridized carbons (Fsp3) is 0.588. The molecule has 0 unspecified atom stereocenters. The second kappa shape index (κ2) is 12.5. The average Bonchev–Trinajstić information content (AvgIpc) is 2.50. The molecule has 1 aromatic carbocycles. The maximum absolute atomic E-state index is 13.2. The van der Waals surface area contributed by atoms with E-state index in [2.05, 4.69) is 29.1 Å². The van der Waals surface area contributed by atoms with Gasteiger partial charge < -0.3 is 15.1 Å². The number of benzene rings is 1. The zero-order valence-corrected chi connectivity index (χ0v) is 17.0. The van der Waals surface area contributed by atoms with Gasteiger partial charge in [-0.15, -0.1) is 24.0 Å². The third kappa shape index (κ3) is 8.50. The maximum atomic E-state index is 13.2. The summed E-state index contributed by atoms with van der Waals surface area (Å²) < 4.78 is 13.2. The highest BCUT2D eigenvalue weighted by Gasteiger charge is 2.08. The van der Waals surface area contributed by atoms with Crippen molar-refractivity contribution in [1.82, 2.24) is 15.1 Å². The fourth-order valence-corrected chi connectivity index (χ4v) is 2.44. The lowest BCUT2D eigenvalue weighted by Crippen LogP contribution is -2.42. The summed E-state index contributed by atoms with van der Waals surface area (Å²) in [6, 6.07) is 6.68. The Labute approximate surface area is 157 Å². The highest BCUT2D eigenvalue weighted by atomic mass is 127. The Balaban J connectivity index is 0.00000484. The minimum atomic E-state index is -0.202. The Kier molecular flexibility index (Phi) is 12.0. The van der Waals surface area contributed by atoms with Crippen molar-refractivity contribution in [2.45, 2.75) is 26.8 Å². The second-order valence-corrected chi connectivity index (χ2v) is 5.39. The molecule has 0 bridgehead atoms. The van der Waals surface area contributed by atoms with E-state index in [9.17, 15) is 4.39 Å². The van der Waals surface area contributed by atoms with Gasteiger partial charge in [0, 0.05) is 33.7 Å². The first kappa shape index (κ1) is 22.1. The number of rotatable bonds is 8. The van der Waals surface area contributed by atoms with Gasteiger partial charge in [-0.1, -0.05) is 26.0 Å². The monoisotopic (exact) mass is 436 g/mol. The lowest BCUT2D eigenvalue weighted by molar-refractivity contribution is 0.291. The number of aliphatic imine (C=N–C) groups is 1. The van der Waals surface area contributed by atoms with Crippen LogP contribution in [0, 0.1) is 5.82 Å². The summed E-state index contributed by atoms with van der Waals surface area (Å²) in [6.45, 7) is 9.04. The maximum Gasteiger partial charge on any atom is 0.193 e. The molecule has 4 nitrogen and oxygen atoms in total. The van der Waals surface area contributed by atoms with Gasteiger partial charge in [-0.25, -0.2) is 4.39 Å². The van der Waals surface area contributed by atoms with E-state index >= 15 is 0 Å². The van der Waals surface area contributed by atoms with Gasteiger partial charge in [0.1, 0.15) is 5.82 Å². The number of nitrogens with zero attached hydrogens (tertiary/aromatic N) is 3. The van der Waals surface area contributed by atoms with E-state index in [1.807, 2.05) is 18.0 Å². The summed E-state index contributed by atoms with van der Waals surface area (Å²) in [4.78, 5) is 8.71. The number of guanidine groups is 1. The van der Waals surface area contributed by atoms with Crippen LogP contribution in [0.2, 0.25) is 0 Å². The summed E-state index contributed by atoms with van der Waals surface area (Å²) in [5.74, 6) is 0.629. The van der Waals surface area contributed by atoms with Crippen LogP contribution in [0.15, 0.2) is 29.3 Å². The van der Waals surface area contributed by atoms with Gasteiger partial charge >= 0.3 is 0 Å². The van der Waals surface area contributed by atoms with Crippen molar-refractivity contribution < 1.29 is 4.39 Å². The number of nitrogens with one attached hydrogen (secondary N) is 1. The summed E-state index contributed by atoms with van der Waals surface area (Å²) in [5.41, 5.74) is 0.937. The Bertz CT molecular complexity index is 468. The van der Waals surface area contributed by atoms with E-state index in [4.69, 9.17) is 0 Å². The van der Waals surface area contributed by atoms with Crippen LogP contribution >= 0.6 is 24.0 Å². The third-order valence-electron chi connectivity index (χ3n) is 3.58. The first-order chi connectivity index (χ1) is 10.6. The van der Waals surface area contributed by atoms with Crippen LogP contribution in [0.25, 0.3) is 0 Å². The Hall–Kier alpha value is -0.890. The lowest BCUT2D eigenvalue weighted by atomic mass is 10.2. The molecular weight excluding hydrogens is 406 g/mol. The van der Waals surface area contributed by atoms with E-state index < -0.39 is 0 Å². The normalized spacial score (nSPS) is 11.3. The lowest BCUT2D eigenvalue weighted by Gasteiger charge is -2.24. The molecule has 132 valence electrons. The summed E-state index contributed by atoms with van der Waals surface area (Å²) in [7, 11) is 3.73. The molecule has 0 aromatic heterocycles. The predicted molar refractivity (Wildman–Crippen MR) is 107 cm³/mol. The molecule has 0 amide bonds. The van der Waals surface area contributed by atoms with Crippen molar-refractivity contribution in [2.24, 2.45) is 4.99 Å². The number of hydrogen-bond donors (Lipinski definition) is 1. The summed E-state index contributed by atoms with van der Waals surface area (Å²) in [6.07, 6.45) is 1.17. The SMILES string of the molecule is CCCN(CC)CCNC(=NC)N(C)Cc1cccc(F)c1.I. The molecule has 0 saturated heterocycles. The zero-order valence-electron chi connectivity index (χ0n) is 14.7. The van der Waals surface area contributed by atoms with Crippen molar-refractivity contribution in [3.63, 3.8) is 0 Å². The van der Waals surface area contributed by atoms with E-state index in [-0.39, 0.29) is 29.8 Å². The average molecular weight is 436 g/mol. The minimum Gasteiger partial charge on any atom is -0.355 e. The Morgan fingerprint density at radius 3 is 2.57 bits per heavy atom. The zero-order chi connectivity index (χ0) is 16.4. The fourth-order valence-electron chi connectivity index (χ4n) is 2.44. The molecule has 0 fully saturated rings. The van der Waals surface area contributed by atoms with Gasteiger partial charge in [-0.2, -0.15) is 0 Å². The van der Waals surface area contributed by atoms with Crippen LogP contribution < -0.4 is 5.32 Å².